The van der Waals surface area contributed by atoms with Crippen LogP contribution >= 0.6 is 15.9 Å². The molecule has 0 aromatic heterocycles. The van der Waals surface area contributed by atoms with E-state index in [-0.39, 0.29) is 0 Å². The fraction of sp³-hybridized carbons (Fsp3) is 0.235. The van der Waals surface area contributed by atoms with Crippen molar-refractivity contribution in [2.45, 2.75) is 17.4 Å². The molecule has 2 aromatic carbocycles. The summed E-state index contributed by atoms with van der Waals surface area (Å²) >= 11 is 3.32. The van der Waals surface area contributed by atoms with Gasteiger partial charge >= 0.3 is 12.1 Å². The minimum atomic E-state index is -4.54. The molecule has 0 radical (unpaired) electrons. The van der Waals surface area contributed by atoms with E-state index in [1.54, 1.807) is 42.5 Å². The number of esters is 1. The van der Waals surface area contributed by atoms with Crippen LogP contribution in [-0.4, -0.2) is 18.8 Å². The van der Waals surface area contributed by atoms with Crippen LogP contribution in [0.2, 0.25) is 0 Å². The molecule has 0 aliphatic rings. The first-order valence-corrected chi connectivity index (χ1v) is 7.96. The predicted octanol–water partition coefficient (Wildman–Crippen LogP) is 4.82. The number of alkyl halides is 4. The van der Waals surface area contributed by atoms with Crippen molar-refractivity contribution in [2.24, 2.45) is 0 Å². The minimum absolute atomic E-state index is 0.589. The van der Waals surface area contributed by atoms with Gasteiger partial charge in [-0.2, -0.15) is 13.2 Å². The largest absolute Gasteiger partial charge is 0.455 e. The van der Waals surface area contributed by atoms with Gasteiger partial charge in [0.15, 0.2) is 6.61 Å². The Hall–Kier alpha value is -1.82. The highest BCUT2D eigenvalue weighted by Crippen LogP contribution is 2.27. The Labute approximate surface area is 140 Å². The average molecular weight is 387 g/mol. The molecule has 0 spiro atoms. The van der Waals surface area contributed by atoms with Crippen LogP contribution in [-0.2, 0) is 14.9 Å². The Morgan fingerprint density at radius 2 is 1.57 bits per heavy atom. The molecular formula is C17H14BrF3O2. The van der Waals surface area contributed by atoms with E-state index in [2.05, 4.69) is 20.7 Å². The summed E-state index contributed by atoms with van der Waals surface area (Å²) in [6.07, 6.45) is -4.54. The van der Waals surface area contributed by atoms with Gasteiger partial charge in [-0.3, -0.25) is 4.79 Å². The van der Waals surface area contributed by atoms with Crippen LogP contribution in [0, 0.1) is 0 Å². The fourth-order valence-electron chi connectivity index (χ4n) is 2.15. The van der Waals surface area contributed by atoms with Crippen molar-refractivity contribution >= 4 is 21.9 Å². The summed E-state index contributed by atoms with van der Waals surface area (Å²) in [6.45, 7) is -1.59. The number of carbonyl (C=O) groups is 1. The van der Waals surface area contributed by atoms with E-state index < -0.39 is 24.7 Å². The molecule has 0 fully saturated rings. The summed E-state index contributed by atoms with van der Waals surface area (Å²) in [4.78, 5) is 12.2. The van der Waals surface area contributed by atoms with Gasteiger partial charge < -0.3 is 4.74 Å². The Morgan fingerprint density at radius 1 is 1.00 bits per heavy atom. The van der Waals surface area contributed by atoms with Crippen molar-refractivity contribution in [2.75, 3.05) is 6.61 Å². The first kappa shape index (κ1) is 17.5. The zero-order chi connectivity index (χ0) is 16.9. The highest BCUT2D eigenvalue weighted by molar-refractivity contribution is 9.08. The second-order valence-electron chi connectivity index (χ2n) is 4.94. The number of benzene rings is 2. The van der Waals surface area contributed by atoms with Crippen molar-refractivity contribution < 1.29 is 22.7 Å². The van der Waals surface area contributed by atoms with Crippen molar-refractivity contribution in [3.05, 3.63) is 71.3 Å². The Balaban J connectivity index is 2.30. The molecule has 2 aromatic rings. The van der Waals surface area contributed by atoms with E-state index in [1.165, 1.54) is 0 Å². The SMILES string of the molecule is O=C(OCC(F)(F)F)C(c1ccccc1)c1ccc(CBr)cc1. The summed E-state index contributed by atoms with van der Waals surface area (Å²) in [6, 6.07) is 15.7. The molecule has 23 heavy (non-hydrogen) atoms. The molecular weight excluding hydrogens is 373 g/mol. The maximum absolute atomic E-state index is 12.3. The van der Waals surface area contributed by atoms with Gasteiger partial charge in [0.1, 0.15) is 5.92 Å². The standard InChI is InChI=1S/C17H14BrF3O2/c18-10-12-6-8-14(9-7-12)15(13-4-2-1-3-5-13)16(22)23-11-17(19,20)21/h1-9,15H,10-11H2. The number of hydrogen-bond acceptors (Lipinski definition) is 2. The molecule has 1 unspecified atom stereocenters. The van der Waals surface area contributed by atoms with E-state index in [0.29, 0.717) is 16.5 Å². The van der Waals surface area contributed by atoms with Gasteiger partial charge in [-0.25, -0.2) is 0 Å². The first-order chi connectivity index (χ1) is 10.9. The summed E-state index contributed by atoms with van der Waals surface area (Å²) in [5.74, 6) is -1.80. The normalized spacial score (nSPS) is 12.7. The smallest absolute Gasteiger partial charge is 0.422 e. The lowest BCUT2D eigenvalue weighted by Crippen LogP contribution is -2.24. The molecule has 0 bridgehead atoms. The molecule has 0 aliphatic carbocycles. The number of carbonyl (C=O) groups excluding carboxylic acids is 1. The second kappa shape index (κ2) is 7.64. The van der Waals surface area contributed by atoms with Crippen LogP contribution in [0.25, 0.3) is 0 Å². The molecule has 2 nitrogen and oxygen atoms in total. The molecule has 0 aliphatic heterocycles. The summed E-state index contributed by atoms with van der Waals surface area (Å²) < 4.78 is 41.4. The molecule has 122 valence electrons. The van der Waals surface area contributed by atoms with Crippen molar-refractivity contribution in [3.8, 4) is 0 Å². The van der Waals surface area contributed by atoms with Crippen LogP contribution in [0.4, 0.5) is 13.2 Å². The van der Waals surface area contributed by atoms with Crippen LogP contribution in [0.3, 0.4) is 0 Å². The number of hydrogen-bond donors (Lipinski definition) is 0. The van der Waals surface area contributed by atoms with Crippen LogP contribution in [0.1, 0.15) is 22.6 Å². The third-order valence-corrected chi connectivity index (χ3v) is 3.86. The van der Waals surface area contributed by atoms with E-state index >= 15 is 0 Å². The molecule has 0 N–H and O–H groups in total. The fourth-order valence-corrected chi connectivity index (χ4v) is 2.52. The average Bonchev–Trinajstić information content (AvgIpc) is 2.54. The maximum Gasteiger partial charge on any atom is 0.422 e. The molecule has 0 saturated heterocycles. The van der Waals surface area contributed by atoms with E-state index in [1.807, 2.05) is 12.1 Å². The molecule has 1 atom stereocenters. The van der Waals surface area contributed by atoms with E-state index in [9.17, 15) is 18.0 Å². The number of ether oxygens (including phenoxy) is 1. The molecule has 6 heteroatoms. The van der Waals surface area contributed by atoms with Gasteiger partial charge in [-0.05, 0) is 16.7 Å². The number of rotatable bonds is 5. The Bertz CT molecular complexity index is 639. The van der Waals surface area contributed by atoms with Gasteiger partial charge in [0.05, 0.1) is 0 Å². The summed E-state index contributed by atoms with van der Waals surface area (Å²) in [5, 5.41) is 0.655. The van der Waals surface area contributed by atoms with Crippen molar-refractivity contribution in [3.63, 3.8) is 0 Å². The Morgan fingerprint density at radius 3 is 2.09 bits per heavy atom. The maximum atomic E-state index is 12.3. The highest BCUT2D eigenvalue weighted by atomic mass is 79.9. The first-order valence-electron chi connectivity index (χ1n) is 6.84. The Kier molecular flexibility index (Phi) is 5.82. The summed E-state index contributed by atoms with van der Waals surface area (Å²) in [7, 11) is 0. The minimum Gasteiger partial charge on any atom is -0.455 e. The molecule has 0 heterocycles. The van der Waals surface area contributed by atoms with E-state index in [0.717, 1.165) is 5.56 Å². The topological polar surface area (TPSA) is 26.3 Å². The molecule has 0 saturated carbocycles. The van der Waals surface area contributed by atoms with E-state index in [4.69, 9.17) is 0 Å². The van der Waals surface area contributed by atoms with Crippen LogP contribution in [0.15, 0.2) is 54.6 Å². The molecule has 2 rings (SSSR count). The lowest BCUT2D eigenvalue weighted by Gasteiger charge is -2.18. The van der Waals surface area contributed by atoms with Crippen LogP contribution in [0.5, 0.6) is 0 Å². The predicted molar refractivity (Wildman–Crippen MR) is 84.4 cm³/mol. The monoisotopic (exact) mass is 386 g/mol. The van der Waals surface area contributed by atoms with Gasteiger partial charge in [-0.1, -0.05) is 70.5 Å². The lowest BCUT2D eigenvalue weighted by molar-refractivity contribution is -0.186. The zero-order valence-corrected chi connectivity index (χ0v) is 13.6. The van der Waals surface area contributed by atoms with Crippen LogP contribution < -0.4 is 0 Å². The van der Waals surface area contributed by atoms with Crippen molar-refractivity contribution in [1.29, 1.82) is 0 Å². The van der Waals surface area contributed by atoms with Crippen molar-refractivity contribution in [1.82, 2.24) is 0 Å². The lowest BCUT2D eigenvalue weighted by atomic mass is 9.91. The van der Waals surface area contributed by atoms with Gasteiger partial charge in [0.25, 0.3) is 0 Å². The van der Waals surface area contributed by atoms with Gasteiger partial charge in [0.2, 0.25) is 0 Å². The third kappa shape index (κ3) is 5.10. The number of halogens is 4. The third-order valence-electron chi connectivity index (χ3n) is 3.21. The zero-order valence-electron chi connectivity index (χ0n) is 12.0. The molecule has 0 amide bonds. The van der Waals surface area contributed by atoms with Gasteiger partial charge in [-0.15, -0.1) is 0 Å². The highest BCUT2D eigenvalue weighted by Gasteiger charge is 2.32. The quantitative estimate of drug-likeness (QED) is 0.543. The van der Waals surface area contributed by atoms with Gasteiger partial charge in [0, 0.05) is 5.33 Å². The summed E-state index contributed by atoms with van der Waals surface area (Å²) in [5.41, 5.74) is 2.18. The second-order valence-corrected chi connectivity index (χ2v) is 5.50.